The summed E-state index contributed by atoms with van der Waals surface area (Å²) >= 11 is 0. The summed E-state index contributed by atoms with van der Waals surface area (Å²) in [6.07, 6.45) is 4.70. The monoisotopic (exact) mass is 180 g/mol. The lowest BCUT2D eigenvalue weighted by molar-refractivity contribution is 0.691. The van der Waals surface area contributed by atoms with Crippen LogP contribution in [0.15, 0.2) is 22.8 Å². The average Bonchev–Trinajstić information content (AvgIpc) is 2.11. The van der Waals surface area contributed by atoms with Crippen LogP contribution in [-0.2, 0) is 0 Å². The van der Waals surface area contributed by atoms with E-state index in [0.717, 1.165) is 0 Å². The van der Waals surface area contributed by atoms with Gasteiger partial charge in [-0.1, -0.05) is 44.4 Å². The average molecular weight is 180 g/mol. The van der Waals surface area contributed by atoms with Crippen LogP contribution in [0.5, 0.6) is 0 Å². The van der Waals surface area contributed by atoms with Gasteiger partial charge in [-0.25, -0.2) is 0 Å². The number of hydrogen-bond acceptors (Lipinski definition) is 0. The van der Waals surface area contributed by atoms with Gasteiger partial charge in [0, 0.05) is 0 Å². The van der Waals surface area contributed by atoms with Crippen LogP contribution in [0, 0.1) is 5.92 Å². The summed E-state index contributed by atoms with van der Waals surface area (Å²) in [5.74, 6) is 0.690. The molecule has 0 atom stereocenters. The molecule has 0 N–H and O–H groups in total. The van der Waals surface area contributed by atoms with Crippen LogP contribution in [0.1, 0.15) is 54.4 Å². The highest BCUT2D eigenvalue weighted by atomic mass is 14.1. The Hall–Kier alpha value is -0.520. The van der Waals surface area contributed by atoms with Gasteiger partial charge in [0.05, 0.1) is 0 Å². The van der Waals surface area contributed by atoms with E-state index in [1.165, 1.54) is 24.0 Å². The Bertz CT molecular complexity index is 204. The lowest BCUT2D eigenvalue weighted by Gasteiger charge is -2.15. The second kappa shape index (κ2) is 6.01. The molecule has 0 aromatic carbocycles. The Labute approximate surface area is 83.7 Å². The normalized spacial score (nSPS) is 14.8. The molecular weight excluding hydrogens is 156 g/mol. The molecule has 0 unspecified atom stereocenters. The van der Waals surface area contributed by atoms with Crippen molar-refractivity contribution in [3.8, 4) is 0 Å². The fraction of sp³-hybridized carbons (Fsp3) is 0.692. The summed E-state index contributed by atoms with van der Waals surface area (Å²) in [6.45, 7) is 13.4. The molecule has 0 heterocycles. The topological polar surface area (TPSA) is 0 Å². The molecule has 0 fully saturated rings. The molecule has 76 valence electrons. The molecule has 0 heteroatoms. The first kappa shape index (κ1) is 12.5. The smallest absolute Gasteiger partial charge is 0.0254 e. The minimum Gasteiger partial charge on any atom is -0.0845 e. The molecule has 0 aromatic heterocycles. The van der Waals surface area contributed by atoms with Crippen molar-refractivity contribution in [2.75, 3.05) is 0 Å². The summed E-state index contributed by atoms with van der Waals surface area (Å²) in [6, 6.07) is 0. The maximum atomic E-state index is 2.29. The van der Waals surface area contributed by atoms with Crippen molar-refractivity contribution in [3.63, 3.8) is 0 Å². The molecule has 0 aliphatic carbocycles. The molecule has 0 aliphatic heterocycles. The van der Waals surface area contributed by atoms with Crippen molar-refractivity contribution >= 4 is 0 Å². The summed E-state index contributed by atoms with van der Waals surface area (Å²) in [5, 5.41) is 0. The molecule has 0 radical (unpaired) electrons. The van der Waals surface area contributed by atoms with Gasteiger partial charge in [-0.3, -0.25) is 0 Å². The van der Waals surface area contributed by atoms with Crippen LogP contribution in [0.2, 0.25) is 0 Å². The number of rotatable bonds is 4. The van der Waals surface area contributed by atoms with Gasteiger partial charge < -0.3 is 0 Å². The van der Waals surface area contributed by atoms with Crippen molar-refractivity contribution < 1.29 is 0 Å². The molecule has 0 rings (SSSR count). The minimum atomic E-state index is 0.690. The first-order valence-corrected chi connectivity index (χ1v) is 5.37. The van der Waals surface area contributed by atoms with E-state index in [9.17, 15) is 0 Å². The van der Waals surface area contributed by atoms with Gasteiger partial charge in [0.15, 0.2) is 0 Å². The number of hydrogen-bond donors (Lipinski definition) is 0. The SMILES string of the molecule is C/C=C(C)\C(C)=C(/CCC)C(C)C. The van der Waals surface area contributed by atoms with Crippen LogP contribution < -0.4 is 0 Å². The Morgan fingerprint density at radius 2 is 1.77 bits per heavy atom. The molecule has 0 saturated heterocycles. The van der Waals surface area contributed by atoms with E-state index in [1.807, 2.05) is 0 Å². The zero-order valence-electron chi connectivity index (χ0n) is 10.1. The highest BCUT2D eigenvalue weighted by Gasteiger charge is 2.06. The fourth-order valence-corrected chi connectivity index (χ4v) is 1.65. The van der Waals surface area contributed by atoms with Crippen molar-refractivity contribution in [1.82, 2.24) is 0 Å². The summed E-state index contributed by atoms with van der Waals surface area (Å²) < 4.78 is 0. The molecular formula is C13H24. The van der Waals surface area contributed by atoms with Crippen LogP contribution in [0.3, 0.4) is 0 Å². The lowest BCUT2D eigenvalue weighted by Crippen LogP contribution is -1.98. The quantitative estimate of drug-likeness (QED) is 0.549. The predicted molar refractivity (Wildman–Crippen MR) is 61.9 cm³/mol. The highest BCUT2D eigenvalue weighted by molar-refractivity contribution is 5.32. The largest absolute Gasteiger partial charge is 0.0845 e. The molecule has 13 heavy (non-hydrogen) atoms. The van der Waals surface area contributed by atoms with E-state index in [-0.39, 0.29) is 0 Å². The van der Waals surface area contributed by atoms with Gasteiger partial charge >= 0.3 is 0 Å². The summed E-state index contributed by atoms with van der Waals surface area (Å²) in [7, 11) is 0. The zero-order chi connectivity index (χ0) is 10.4. The van der Waals surface area contributed by atoms with Crippen molar-refractivity contribution in [2.24, 2.45) is 5.92 Å². The van der Waals surface area contributed by atoms with Gasteiger partial charge in [0.2, 0.25) is 0 Å². The van der Waals surface area contributed by atoms with Crippen molar-refractivity contribution in [3.05, 3.63) is 22.8 Å². The molecule has 0 aliphatic rings. The van der Waals surface area contributed by atoms with Gasteiger partial charge in [-0.15, -0.1) is 0 Å². The maximum Gasteiger partial charge on any atom is -0.0254 e. The summed E-state index contributed by atoms with van der Waals surface area (Å²) in [4.78, 5) is 0. The minimum absolute atomic E-state index is 0.690. The molecule has 0 spiro atoms. The van der Waals surface area contributed by atoms with E-state index in [1.54, 1.807) is 5.57 Å². The Balaban J connectivity index is 4.85. The lowest BCUT2D eigenvalue weighted by atomic mass is 9.91. The van der Waals surface area contributed by atoms with Crippen LogP contribution in [-0.4, -0.2) is 0 Å². The summed E-state index contributed by atoms with van der Waals surface area (Å²) in [5.41, 5.74) is 4.55. The van der Waals surface area contributed by atoms with E-state index >= 15 is 0 Å². The van der Waals surface area contributed by atoms with Gasteiger partial charge in [0.25, 0.3) is 0 Å². The first-order chi connectivity index (χ1) is 6.04. The zero-order valence-corrected chi connectivity index (χ0v) is 10.1. The Morgan fingerprint density at radius 1 is 1.23 bits per heavy atom. The van der Waals surface area contributed by atoms with E-state index < -0.39 is 0 Å². The van der Waals surface area contributed by atoms with Gasteiger partial charge in [0.1, 0.15) is 0 Å². The molecule has 0 saturated carbocycles. The van der Waals surface area contributed by atoms with Crippen LogP contribution >= 0.6 is 0 Å². The third kappa shape index (κ3) is 3.80. The number of allylic oxidation sites excluding steroid dienone is 4. The third-order valence-electron chi connectivity index (χ3n) is 2.72. The van der Waals surface area contributed by atoms with Gasteiger partial charge in [-0.05, 0) is 38.7 Å². The third-order valence-corrected chi connectivity index (χ3v) is 2.72. The second-order valence-electron chi connectivity index (χ2n) is 4.03. The van der Waals surface area contributed by atoms with Crippen LogP contribution in [0.4, 0.5) is 0 Å². The molecule has 0 bridgehead atoms. The Morgan fingerprint density at radius 3 is 2.08 bits per heavy atom. The van der Waals surface area contributed by atoms with E-state index in [2.05, 4.69) is 47.6 Å². The van der Waals surface area contributed by atoms with Gasteiger partial charge in [-0.2, -0.15) is 0 Å². The van der Waals surface area contributed by atoms with E-state index in [4.69, 9.17) is 0 Å². The molecule has 0 amide bonds. The van der Waals surface area contributed by atoms with Crippen molar-refractivity contribution in [1.29, 1.82) is 0 Å². The van der Waals surface area contributed by atoms with Crippen LogP contribution in [0.25, 0.3) is 0 Å². The second-order valence-corrected chi connectivity index (χ2v) is 4.03. The maximum absolute atomic E-state index is 2.29. The predicted octanol–water partition coefficient (Wildman–Crippen LogP) is 4.73. The van der Waals surface area contributed by atoms with E-state index in [0.29, 0.717) is 5.92 Å². The highest BCUT2D eigenvalue weighted by Crippen LogP contribution is 2.24. The molecule has 0 nitrogen and oxygen atoms in total. The van der Waals surface area contributed by atoms with Crippen molar-refractivity contribution in [2.45, 2.75) is 54.4 Å². The molecule has 0 aromatic rings. The fourth-order valence-electron chi connectivity index (χ4n) is 1.65. The standard InChI is InChI=1S/C13H24/c1-7-9-13(10(3)4)12(6)11(5)8-2/h8,10H,7,9H2,1-6H3/b11-8-,13-12+. The first-order valence-electron chi connectivity index (χ1n) is 5.37. The Kier molecular flexibility index (Phi) is 5.77.